The number of carbonyl (C=O) groups excluding carboxylic acids is 1. The zero-order chi connectivity index (χ0) is 10.6. The highest BCUT2D eigenvalue weighted by Crippen LogP contribution is 2.15. The first-order chi connectivity index (χ1) is 6.59. The van der Waals surface area contributed by atoms with Crippen LogP contribution in [0.5, 0.6) is 0 Å². The van der Waals surface area contributed by atoms with Crippen molar-refractivity contribution in [1.29, 1.82) is 0 Å². The average molecular weight is 276 g/mol. The summed E-state index contributed by atoms with van der Waals surface area (Å²) < 4.78 is 12.5. The summed E-state index contributed by atoms with van der Waals surface area (Å²) in [5.41, 5.74) is 4.97. The first-order valence-electron chi connectivity index (χ1n) is 4.02. The molecule has 0 saturated carbocycles. The second kappa shape index (κ2) is 5.26. The molecule has 1 unspecified atom stereocenters. The molecule has 2 N–H and O–H groups in total. The molecule has 0 saturated heterocycles. The molecular weight excluding hydrogens is 266 g/mol. The molecule has 0 fully saturated rings. The van der Waals surface area contributed by atoms with Crippen LogP contribution in [0, 0.1) is 0 Å². The third-order valence-electron chi connectivity index (χ3n) is 1.59. The van der Waals surface area contributed by atoms with Gasteiger partial charge in [-0.15, -0.1) is 0 Å². The normalized spacial score (nSPS) is 12.4. The summed E-state index contributed by atoms with van der Waals surface area (Å²) in [5.74, 6) is -0.139. The minimum atomic E-state index is -1.15. The van der Waals surface area contributed by atoms with Crippen molar-refractivity contribution in [1.82, 2.24) is 0 Å². The highest BCUT2D eigenvalue weighted by molar-refractivity contribution is 9.10. The second-order valence-corrected chi connectivity index (χ2v) is 5.21. The summed E-state index contributed by atoms with van der Waals surface area (Å²) in [6.07, 6.45) is 0.152. The summed E-state index contributed by atoms with van der Waals surface area (Å²) in [6, 6.07) is 7.20. The van der Waals surface area contributed by atoms with Gasteiger partial charge in [0.25, 0.3) is 0 Å². The van der Waals surface area contributed by atoms with E-state index in [0.29, 0.717) is 4.90 Å². The van der Waals surface area contributed by atoms with Crippen LogP contribution in [-0.4, -0.2) is 15.9 Å². The van der Waals surface area contributed by atoms with E-state index in [9.17, 15) is 9.00 Å². The largest absolute Gasteiger partial charge is 0.370 e. The fourth-order valence-electron chi connectivity index (χ4n) is 0.920. The van der Waals surface area contributed by atoms with Crippen LogP contribution < -0.4 is 5.73 Å². The van der Waals surface area contributed by atoms with Gasteiger partial charge in [0.15, 0.2) is 0 Å². The van der Waals surface area contributed by atoms with Crippen LogP contribution in [0.15, 0.2) is 33.6 Å². The van der Waals surface area contributed by atoms with E-state index >= 15 is 0 Å². The van der Waals surface area contributed by atoms with Crippen LogP contribution in [0.3, 0.4) is 0 Å². The average Bonchev–Trinajstić information content (AvgIpc) is 2.14. The van der Waals surface area contributed by atoms with E-state index in [1.807, 2.05) is 12.1 Å². The van der Waals surface area contributed by atoms with Crippen LogP contribution in [0.1, 0.15) is 6.42 Å². The van der Waals surface area contributed by atoms with Gasteiger partial charge in [0.2, 0.25) is 5.91 Å². The lowest BCUT2D eigenvalue weighted by atomic mass is 10.4. The molecular formula is C9H10BrNO2S. The van der Waals surface area contributed by atoms with E-state index in [2.05, 4.69) is 15.9 Å². The monoisotopic (exact) mass is 275 g/mol. The summed E-state index contributed by atoms with van der Waals surface area (Å²) >= 11 is 3.28. The van der Waals surface area contributed by atoms with Gasteiger partial charge in [-0.2, -0.15) is 0 Å². The molecule has 1 rings (SSSR count). The van der Waals surface area contributed by atoms with Crippen molar-refractivity contribution in [3.8, 4) is 0 Å². The van der Waals surface area contributed by atoms with Crippen LogP contribution in [0.2, 0.25) is 0 Å². The first-order valence-corrected chi connectivity index (χ1v) is 6.13. The van der Waals surface area contributed by atoms with Crippen molar-refractivity contribution >= 4 is 32.6 Å². The van der Waals surface area contributed by atoms with Crippen LogP contribution >= 0.6 is 15.9 Å². The number of amides is 1. The Morgan fingerprint density at radius 1 is 1.50 bits per heavy atom. The Labute approximate surface area is 93.3 Å². The Balaban J connectivity index is 2.65. The van der Waals surface area contributed by atoms with E-state index < -0.39 is 16.7 Å². The molecule has 0 radical (unpaired) electrons. The van der Waals surface area contributed by atoms with Crippen LogP contribution in [-0.2, 0) is 15.6 Å². The Hall–Kier alpha value is -0.680. The van der Waals surface area contributed by atoms with Crippen molar-refractivity contribution < 1.29 is 9.00 Å². The minimum Gasteiger partial charge on any atom is -0.370 e. The lowest BCUT2D eigenvalue weighted by Crippen LogP contribution is -2.14. The molecule has 0 aliphatic heterocycles. The van der Waals surface area contributed by atoms with E-state index in [1.54, 1.807) is 12.1 Å². The molecule has 3 nitrogen and oxygen atoms in total. The maximum atomic E-state index is 11.6. The van der Waals surface area contributed by atoms with Crippen LogP contribution in [0.25, 0.3) is 0 Å². The third-order valence-corrected chi connectivity index (χ3v) is 3.44. The predicted octanol–water partition coefficient (Wildman–Crippen LogP) is 1.43. The fourth-order valence-corrected chi connectivity index (χ4v) is 2.58. The predicted molar refractivity (Wildman–Crippen MR) is 59.2 cm³/mol. The second-order valence-electron chi connectivity index (χ2n) is 2.72. The standard InChI is InChI=1S/C9H10BrNO2S/c10-7-2-1-3-8(6-7)14(13)5-4-9(11)12/h1-3,6H,4-5H2,(H2,11,12). The van der Waals surface area contributed by atoms with Gasteiger partial charge in [0.05, 0.1) is 10.8 Å². The van der Waals surface area contributed by atoms with Gasteiger partial charge in [0, 0.05) is 21.5 Å². The summed E-state index contributed by atoms with van der Waals surface area (Å²) in [4.78, 5) is 11.2. The number of rotatable bonds is 4. The number of nitrogens with two attached hydrogens (primary N) is 1. The Morgan fingerprint density at radius 2 is 2.21 bits per heavy atom. The number of primary amides is 1. The van der Waals surface area contributed by atoms with E-state index in [4.69, 9.17) is 5.73 Å². The summed E-state index contributed by atoms with van der Waals surface area (Å²) in [7, 11) is -1.15. The molecule has 1 aromatic rings. The van der Waals surface area contributed by atoms with Crippen molar-refractivity contribution in [2.75, 3.05) is 5.75 Å². The Kier molecular flexibility index (Phi) is 4.28. The summed E-state index contributed by atoms with van der Waals surface area (Å²) in [5, 5.41) is 0. The number of hydrogen-bond acceptors (Lipinski definition) is 2. The highest BCUT2D eigenvalue weighted by atomic mass is 79.9. The quantitative estimate of drug-likeness (QED) is 0.904. The van der Waals surface area contributed by atoms with Gasteiger partial charge in [-0.1, -0.05) is 22.0 Å². The molecule has 0 bridgehead atoms. The molecule has 5 heteroatoms. The molecule has 1 amide bonds. The number of hydrogen-bond donors (Lipinski definition) is 1. The van der Waals surface area contributed by atoms with E-state index in [-0.39, 0.29) is 12.2 Å². The Bertz CT molecular complexity index is 368. The van der Waals surface area contributed by atoms with Crippen molar-refractivity contribution in [3.63, 3.8) is 0 Å². The maximum absolute atomic E-state index is 11.6. The molecule has 0 heterocycles. The molecule has 76 valence electrons. The molecule has 1 aromatic carbocycles. The topological polar surface area (TPSA) is 60.2 Å². The van der Waals surface area contributed by atoms with Gasteiger partial charge in [0.1, 0.15) is 0 Å². The molecule has 0 aliphatic rings. The van der Waals surface area contributed by atoms with Gasteiger partial charge in [-0.25, -0.2) is 0 Å². The lowest BCUT2D eigenvalue weighted by molar-refractivity contribution is -0.117. The minimum absolute atomic E-state index is 0.152. The van der Waals surface area contributed by atoms with Crippen LogP contribution in [0.4, 0.5) is 0 Å². The van der Waals surface area contributed by atoms with Crippen molar-refractivity contribution in [3.05, 3.63) is 28.7 Å². The molecule has 14 heavy (non-hydrogen) atoms. The molecule has 0 aromatic heterocycles. The van der Waals surface area contributed by atoms with Gasteiger partial charge >= 0.3 is 0 Å². The van der Waals surface area contributed by atoms with Gasteiger partial charge in [-0.3, -0.25) is 9.00 Å². The summed E-state index contributed by atoms with van der Waals surface area (Å²) in [6.45, 7) is 0. The van der Waals surface area contributed by atoms with E-state index in [1.165, 1.54) is 0 Å². The van der Waals surface area contributed by atoms with Gasteiger partial charge in [-0.05, 0) is 18.2 Å². The number of halogens is 1. The highest BCUT2D eigenvalue weighted by Gasteiger charge is 2.05. The zero-order valence-electron chi connectivity index (χ0n) is 7.40. The molecule has 0 aliphatic carbocycles. The SMILES string of the molecule is NC(=O)CCS(=O)c1cccc(Br)c1. The van der Waals surface area contributed by atoms with Crippen molar-refractivity contribution in [2.45, 2.75) is 11.3 Å². The fraction of sp³-hybridized carbons (Fsp3) is 0.222. The third kappa shape index (κ3) is 3.59. The number of carbonyl (C=O) groups is 1. The molecule has 0 spiro atoms. The zero-order valence-corrected chi connectivity index (χ0v) is 9.81. The van der Waals surface area contributed by atoms with E-state index in [0.717, 1.165) is 4.47 Å². The van der Waals surface area contributed by atoms with Crippen molar-refractivity contribution in [2.24, 2.45) is 5.73 Å². The smallest absolute Gasteiger partial charge is 0.218 e. The maximum Gasteiger partial charge on any atom is 0.218 e. The lowest BCUT2D eigenvalue weighted by Gasteiger charge is -2.00. The Morgan fingerprint density at radius 3 is 2.79 bits per heavy atom. The first kappa shape index (κ1) is 11.4. The molecule has 1 atom stereocenters. The number of benzene rings is 1. The van der Waals surface area contributed by atoms with Gasteiger partial charge < -0.3 is 5.73 Å².